The van der Waals surface area contributed by atoms with E-state index in [1.54, 1.807) is 10.4 Å². The Labute approximate surface area is 127 Å². The van der Waals surface area contributed by atoms with E-state index in [0.29, 0.717) is 18.0 Å². The van der Waals surface area contributed by atoms with Crippen LogP contribution in [0.25, 0.3) is 0 Å². The number of nitrogens with zero attached hydrogens (tertiary/aromatic N) is 1. The first kappa shape index (κ1) is 15.0. The molecule has 0 amide bonds. The van der Waals surface area contributed by atoms with E-state index in [4.69, 9.17) is 5.73 Å². The molecule has 1 aromatic rings. The third-order valence-corrected chi connectivity index (χ3v) is 6.72. The second kappa shape index (κ2) is 6.07. The molecular formula is C16H24N2O2S. The first-order chi connectivity index (χ1) is 10.1. The van der Waals surface area contributed by atoms with Gasteiger partial charge >= 0.3 is 0 Å². The molecular weight excluding hydrogens is 284 g/mol. The van der Waals surface area contributed by atoms with Gasteiger partial charge in [0.05, 0.1) is 4.90 Å². The Bertz CT molecular complexity index is 613. The lowest BCUT2D eigenvalue weighted by molar-refractivity contribution is 0.328. The van der Waals surface area contributed by atoms with Crippen molar-refractivity contribution in [2.75, 3.05) is 13.1 Å². The van der Waals surface area contributed by atoms with Crippen molar-refractivity contribution in [1.82, 2.24) is 4.31 Å². The second-order valence-corrected chi connectivity index (χ2v) is 8.03. The Morgan fingerprint density at radius 2 is 1.90 bits per heavy atom. The molecule has 5 heteroatoms. The maximum atomic E-state index is 13.0. The summed E-state index contributed by atoms with van der Waals surface area (Å²) in [6.45, 7) is 1.01. The molecule has 1 saturated heterocycles. The van der Waals surface area contributed by atoms with Gasteiger partial charge < -0.3 is 5.73 Å². The smallest absolute Gasteiger partial charge is 0.243 e. The Morgan fingerprint density at radius 3 is 2.71 bits per heavy atom. The maximum absolute atomic E-state index is 13.0. The lowest BCUT2D eigenvalue weighted by Gasteiger charge is -2.28. The summed E-state index contributed by atoms with van der Waals surface area (Å²) in [6, 6.07) is 5.60. The molecule has 2 aliphatic rings. The topological polar surface area (TPSA) is 63.4 Å². The number of sulfonamides is 1. The fourth-order valence-electron chi connectivity index (χ4n) is 3.55. The molecule has 1 fully saturated rings. The van der Waals surface area contributed by atoms with Crippen molar-refractivity contribution in [3.8, 4) is 0 Å². The van der Waals surface area contributed by atoms with Gasteiger partial charge in [0, 0.05) is 19.1 Å². The minimum absolute atomic E-state index is 0.0502. The maximum Gasteiger partial charge on any atom is 0.243 e. The zero-order valence-electron chi connectivity index (χ0n) is 12.4. The third kappa shape index (κ3) is 2.87. The molecule has 0 bridgehead atoms. The summed E-state index contributed by atoms with van der Waals surface area (Å²) >= 11 is 0. The number of hydrogen-bond donors (Lipinski definition) is 1. The molecule has 2 N–H and O–H groups in total. The van der Waals surface area contributed by atoms with E-state index in [9.17, 15) is 8.42 Å². The van der Waals surface area contributed by atoms with Gasteiger partial charge in [-0.15, -0.1) is 0 Å². The Kier molecular flexibility index (Phi) is 4.33. The van der Waals surface area contributed by atoms with Gasteiger partial charge in [-0.1, -0.05) is 18.9 Å². The highest BCUT2D eigenvalue weighted by Gasteiger charge is 2.32. The van der Waals surface area contributed by atoms with E-state index < -0.39 is 10.0 Å². The van der Waals surface area contributed by atoms with Crippen molar-refractivity contribution in [3.05, 3.63) is 29.3 Å². The predicted octanol–water partition coefficient (Wildman–Crippen LogP) is 2.07. The summed E-state index contributed by atoms with van der Waals surface area (Å²) in [5.74, 6) is 0. The zero-order valence-corrected chi connectivity index (χ0v) is 13.2. The minimum atomic E-state index is -3.41. The first-order valence-electron chi connectivity index (χ1n) is 7.96. The van der Waals surface area contributed by atoms with Gasteiger partial charge in [0.25, 0.3) is 0 Å². The average Bonchev–Trinajstić information content (AvgIpc) is 2.81. The normalized spacial score (nSPS) is 23.8. The van der Waals surface area contributed by atoms with Crippen LogP contribution in [-0.4, -0.2) is 31.9 Å². The summed E-state index contributed by atoms with van der Waals surface area (Å²) < 4.78 is 27.6. The van der Waals surface area contributed by atoms with Crippen molar-refractivity contribution >= 4 is 10.0 Å². The molecule has 1 atom stereocenters. The highest BCUT2D eigenvalue weighted by molar-refractivity contribution is 7.89. The Balaban J connectivity index is 1.94. The van der Waals surface area contributed by atoms with Gasteiger partial charge in [-0.25, -0.2) is 8.42 Å². The molecule has 1 heterocycles. The third-order valence-electron chi connectivity index (χ3n) is 4.77. The summed E-state index contributed by atoms with van der Waals surface area (Å²) in [7, 11) is -3.41. The molecule has 21 heavy (non-hydrogen) atoms. The van der Waals surface area contributed by atoms with E-state index in [1.807, 2.05) is 12.1 Å². The first-order valence-corrected chi connectivity index (χ1v) is 9.40. The van der Waals surface area contributed by atoms with Crippen LogP contribution in [0.15, 0.2) is 23.1 Å². The van der Waals surface area contributed by atoms with Gasteiger partial charge in [0.2, 0.25) is 10.0 Å². The Morgan fingerprint density at radius 1 is 1.10 bits per heavy atom. The van der Waals surface area contributed by atoms with Gasteiger partial charge in [-0.3, -0.25) is 0 Å². The van der Waals surface area contributed by atoms with E-state index in [-0.39, 0.29) is 6.04 Å². The summed E-state index contributed by atoms with van der Waals surface area (Å²) in [5, 5.41) is 0. The molecule has 1 aliphatic heterocycles. The van der Waals surface area contributed by atoms with Crippen molar-refractivity contribution in [2.24, 2.45) is 5.73 Å². The molecule has 0 aromatic heterocycles. The van der Waals surface area contributed by atoms with Crippen molar-refractivity contribution in [1.29, 1.82) is 0 Å². The number of benzene rings is 1. The summed E-state index contributed by atoms with van der Waals surface area (Å²) in [5.41, 5.74) is 8.33. The summed E-state index contributed by atoms with van der Waals surface area (Å²) in [4.78, 5) is 0.448. The zero-order chi connectivity index (χ0) is 14.9. The minimum Gasteiger partial charge on any atom is -0.329 e. The van der Waals surface area contributed by atoms with Crippen LogP contribution >= 0.6 is 0 Å². The SMILES string of the molecule is NCC1CCCCCN1S(=O)(=O)c1ccc2c(c1)CCC2. The van der Waals surface area contributed by atoms with Crippen LogP contribution in [0.1, 0.15) is 43.2 Å². The van der Waals surface area contributed by atoms with Crippen LogP contribution in [0.3, 0.4) is 0 Å². The van der Waals surface area contributed by atoms with Gasteiger partial charge in [0.1, 0.15) is 0 Å². The van der Waals surface area contributed by atoms with Crippen LogP contribution in [0.5, 0.6) is 0 Å². The van der Waals surface area contributed by atoms with E-state index >= 15 is 0 Å². The number of fused-ring (bicyclic) bond motifs is 1. The molecule has 0 spiro atoms. The van der Waals surface area contributed by atoms with Crippen LogP contribution in [0, 0.1) is 0 Å². The Hall–Kier alpha value is -0.910. The van der Waals surface area contributed by atoms with Gasteiger partial charge in [-0.05, 0) is 55.4 Å². The monoisotopic (exact) mass is 308 g/mol. The molecule has 3 rings (SSSR count). The highest BCUT2D eigenvalue weighted by atomic mass is 32.2. The largest absolute Gasteiger partial charge is 0.329 e. The number of nitrogens with two attached hydrogens (primary N) is 1. The standard InChI is InChI=1S/C16H24N2O2S/c17-12-15-7-2-1-3-10-18(15)21(19,20)16-9-8-13-5-4-6-14(13)11-16/h8-9,11,15H,1-7,10,12,17H2. The van der Waals surface area contributed by atoms with E-state index in [1.165, 1.54) is 11.1 Å². The molecule has 1 aliphatic carbocycles. The molecule has 1 aromatic carbocycles. The van der Waals surface area contributed by atoms with Crippen LogP contribution in [-0.2, 0) is 22.9 Å². The second-order valence-electron chi connectivity index (χ2n) is 6.14. The molecule has 1 unspecified atom stereocenters. The number of rotatable bonds is 3. The summed E-state index contributed by atoms with van der Waals surface area (Å²) in [6.07, 6.45) is 7.17. The van der Waals surface area contributed by atoms with E-state index in [2.05, 4.69) is 0 Å². The van der Waals surface area contributed by atoms with Gasteiger partial charge in [-0.2, -0.15) is 4.31 Å². The van der Waals surface area contributed by atoms with Crippen LogP contribution in [0.2, 0.25) is 0 Å². The van der Waals surface area contributed by atoms with E-state index in [0.717, 1.165) is 44.9 Å². The average molecular weight is 308 g/mol. The van der Waals surface area contributed by atoms with Crippen molar-refractivity contribution < 1.29 is 8.42 Å². The van der Waals surface area contributed by atoms with Crippen LogP contribution < -0.4 is 5.73 Å². The lowest BCUT2D eigenvalue weighted by atomic mass is 10.1. The molecule has 0 saturated carbocycles. The number of aryl methyl sites for hydroxylation is 2. The fourth-order valence-corrected chi connectivity index (χ4v) is 5.30. The predicted molar refractivity (Wildman–Crippen MR) is 83.7 cm³/mol. The molecule has 116 valence electrons. The fraction of sp³-hybridized carbons (Fsp3) is 0.625. The van der Waals surface area contributed by atoms with Crippen molar-refractivity contribution in [3.63, 3.8) is 0 Å². The molecule has 0 radical (unpaired) electrons. The number of hydrogen-bond acceptors (Lipinski definition) is 3. The lowest BCUT2D eigenvalue weighted by Crippen LogP contribution is -2.44. The quantitative estimate of drug-likeness (QED) is 0.929. The highest BCUT2D eigenvalue weighted by Crippen LogP contribution is 2.28. The van der Waals surface area contributed by atoms with Gasteiger partial charge in [0.15, 0.2) is 0 Å². The van der Waals surface area contributed by atoms with Crippen molar-refractivity contribution in [2.45, 2.75) is 55.9 Å². The van der Waals surface area contributed by atoms with Crippen LogP contribution in [0.4, 0.5) is 0 Å². The molecule has 4 nitrogen and oxygen atoms in total.